The predicted molar refractivity (Wildman–Crippen MR) is 53.1 cm³/mol. The fourth-order valence-electron chi connectivity index (χ4n) is 0.900. The molecule has 0 spiro atoms. The largest absolute Gasteiger partial charge is 0.481 e. The Bertz CT molecular complexity index is 206. The van der Waals surface area contributed by atoms with E-state index in [1.54, 1.807) is 14.0 Å². The second-order valence-corrected chi connectivity index (χ2v) is 3.35. The molecule has 82 valence electrons. The summed E-state index contributed by atoms with van der Waals surface area (Å²) in [5, 5.41) is 11.1. The zero-order valence-electron chi connectivity index (χ0n) is 8.91. The molecule has 0 radical (unpaired) electrons. The Balaban J connectivity index is 3.78. The molecule has 14 heavy (non-hydrogen) atoms. The number of hydrogen-bond acceptors (Lipinski definition) is 2. The number of nitrogens with one attached hydrogen (secondary N) is 1. The number of amides is 2. The molecule has 0 aliphatic carbocycles. The average molecular weight is 202 g/mol. The van der Waals surface area contributed by atoms with Crippen LogP contribution in [-0.4, -0.2) is 42.1 Å². The third-order valence-corrected chi connectivity index (χ3v) is 1.89. The van der Waals surface area contributed by atoms with Gasteiger partial charge < -0.3 is 15.3 Å². The lowest BCUT2D eigenvalue weighted by Crippen LogP contribution is -2.40. The van der Waals surface area contributed by atoms with E-state index in [1.807, 2.05) is 6.92 Å². The number of carboxylic acids is 1. The monoisotopic (exact) mass is 202 g/mol. The molecule has 0 aromatic rings. The molecule has 2 N–H and O–H groups in total. The highest BCUT2D eigenvalue weighted by Gasteiger charge is 2.13. The van der Waals surface area contributed by atoms with Crippen molar-refractivity contribution in [1.82, 2.24) is 10.2 Å². The van der Waals surface area contributed by atoms with Crippen LogP contribution in [0.4, 0.5) is 4.79 Å². The lowest BCUT2D eigenvalue weighted by molar-refractivity contribution is -0.140. The van der Waals surface area contributed by atoms with Crippen molar-refractivity contribution in [2.75, 3.05) is 20.1 Å². The van der Waals surface area contributed by atoms with E-state index in [9.17, 15) is 9.59 Å². The molecule has 0 saturated carbocycles. The summed E-state index contributed by atoms with van der Waals surface area (Å²) >= 11 is 0. The molecular formula is C9H18N2O3. The first-order valence-electron chi connectivity index (χ1n) is 4.70. The minimum absolute atomic E-state index is 0.169. The van der Waals surface area contributed by atoms with E-state index >= 15 is 0 Å². The van der Waals surface area contributed by atoms with Gasteiger partial charge in [-0.05, 0) is 6.42 Å². The second-order valence-electron chi connectivity index (χ2n) is 3.35. The zero-order valence-corrected chi connectivity index (χ0v) is 8.91. The second kappa shape index (κ2) is 6.23. The summed E-state index contributed by atoms with van der Waals surface area (Å²) in [6.45, 7) is 4.38. The van der Waals surface area contributed by atoms with Crippen LogP contribution in [0.3, 0.4) is 0 Å². The molecule has 0 fully saturated rings. The van der Waals surface area contributed by atoms with Crippen molar-refractivity contribution in [3.8, 4) is 0 Å². The predicted octanol–water partition coefficient (Wildman–Crippen LogP) is 0.758. The average Bonchev–Trinajstić information content (AvgIpc) is 2.13. The number of carbonyl (C=O) groups excluding carboxylic acids is 1. The van der Waals surface area contributed by atoms with Crippen LogP contribution in [0.15, 0.2) is 0 Å². The van der Waals surface area contributed by atoms with Gasteiger partial charge in [0, 0.05) is 20.1 Å². The van der Waals surface area contributed by atoms with E-state index in [0.29, 0.717) is 6.54 Å². The van der Waals surface area contributed by atoms with Gasteiger partial charge in [-0.2, -0.15) is 0 Å². The van der Waals surface area contributed by atoms with Gasteiger partial charge in [0.2, 0.25) is 0 Å². The van der Waals surface area contributed by atoms with Crippen LogP contribution in [0.1, 0.15) is 20.3 Å². The topological polar surface area (TPSA) is 69.6 Å². The van der Waals surface area contributed by atoms with Gasteiger partial charge in [-0.25, -0.2) is 4.79 Å². The minimum atomic E-state index is -0.900. The Morgan fingerprint density at radius 3 is 2.50 bits per heavy atom. The quantitative estimate of drug-likeness (QED) is 0.691. The summed E-state index contributed by atoms with van der Waals surface area (Å²) in [5.74, 6) is -1.45. The van der Waals surface area contributed by atoms with Crippen LogP contribution < -0.4 is 5.32 Å². The van der Waals surface area contributed by atoms with Crippen molar-refractivity contribution in [3.05, 3.63) is 0 Å². The summed E-state index contributed by atoms with van der Waals surface area (Å²) in [7, 11) is 1.68. The number of aliphatic carboxylic acids is 1. The number of carboxylic acid groups (broad SMARTS) is 1. The summed E-state index contributed by atoms with van der Waals surface area (Å²) in [6, 6.07) is -0.222. The van der Waals surface area contributed by atoms with E-state index in [4.69, 9.17) is 5.11 Å². The molecule has 0 aromatic carbocycles. The molecule has 2 amide bonds. The highest BCUT2D eigenvalue weighted by molar-refractivity contribution is 5.75. The third kappa shape index (κ3) is 4.69. The Morgan fingerprint density at radius 1 is 1.50 bits per heavy atom. The van der Waals surface area contributed by atoms with Gasteiger partial charge in [0.05, 0.1) is 5.92 Å². The van der Waals surface area contributed by atoms with Crippen molar-refractivity contribution in [3.63, 3.8) is 0 Å². The Morgan fingerprint density at radius 2 is 2.07 bits per heavy atom. The fraction of sp³-hybridized carbons (Fsp3) is 0.778. The molecule has 0 bridgehead atoms. The standard InChI is InChI=1S/C9H18N2O3/c1-4-5-11(3)9(14)10-6-7(2)8(12)13/h7H,4-6H2,1-3H3,(H,10,14)(H,12,13). The molecule has 0 aliphatic heterocycles. The van der Waals surface area contributed by atoms with Crippen LogP contribution in [-0.2, 0) is 4.79 Å². The summed E-state index contributed by atoms with van der Waals surface area (Å²) in [6.07, 6.45) is 0.887. The fourth-order valence-corrected chi connectivity index (χ4v) is 0.900. The Labute approximate surface area is 84.1 Å². The number of carbonyl (C=O) groups is 2. The van der Waals surface area contributed by atoms with Gasteiger partial charge in [0.25, 0.3) is 0 Å². The van der Waals surface area contributed by atoms with Gasteiger partial charge in [0.1, 0.15) is 0 Å². The highest BCUT2D eigenvalue weighted by atomic mass is 16.4. The first-order chi connectivity index (χ1) is 6.49. The van der Waals surface area contributed by atoms with Crippen molar-refractivity contribution in [2.24, 2.45) is 5.92 Å². The SMILES string of the molecule is CCCN(C)C(=O)NCC(C)C(=O)O. The van der Waals surface area contributed by atoms with E-state index < -0.39 is 11.9 Å². The zero-order chi connectivity index (χ0) is 11.1. The molecular weight excluding hydrogens is 184 g/mol. The normalized spacial score (nSPS) is 11.9. The highest BCUT2D eigenvalue weighted by Crippen LogP contribution is 1.93. The van der Waals surface area contributed by atoms with Gasteiger partial charge >= 0.3 is 12.0 Å². The van der Waals surface area contributed by atoms with E-state index in [-0.39, 0.29) is 12.6 Å². The minimum Gasteiger partial charge on any atom is -0.481 e. The van der Waals surface area contributed by atoms with Crippen molar-refractivity contribution in [2.45, 2.75) is 20.3 Å². The van der Waals surface area contributed by atoms with Crippen LogP contribution in [0, 0.1) is 5.92 Å². The third-order valence-electron chi connectivity index (χ3n) is 1.89. The maximum Gasteiger partial charge on any atom is 0.317 e. The molecule has 0 aromatic heterocycles. The summed E-state index contributed by atoms with van der Waals surface area (Å²) in [5.41, 5.74) is 0. The maximum atomic E-state index is 11.3. The van der Waals surface area contributed by atoms with Crippen molar-refractivity contribution >= 4 is 12.0 Å². The smallest absolute Gasteiger partial charge is 0.317 e. The first-order valence-corrected chi connectivity index (χ1v) is 4.70. The van der Waals surface area contributed by atoms with Crippen LogP contribution in [0.25, 0.3) is 0 Å². The number of hydrogen-bond donors (Lipinski definition) is 2. The molecule has 0 rings (SSSR count). The molecule has 0 heterocycles. The van der Waals surface area contributed by atoms with Crippen LogP contribution in [0.2, 0.25) is 0 Å². The summed E-state index contributed by atoms with van der Waals surface area (Å²) < 4.78 is 0. The molecule has 0 aliphatic rings. The lowest BCUT2D eigenvalue weighted by atomic mass is 10.2. The lowest BCUT2D eigenvalue weighted by Gasteiger charge is -2.17. The van der Waals surface area contributed by atoms with Gasteiger partial charge in [-0.1, -0.05) is 13.8 Å². The van der Waals surface area contributed by atoms with Crippen LogP contribution in [0.5, 0.6) is 0 Å². The number of nitrogens with zero attached hydrogens (tertiary/aromatic N) is 1. The maximum absolute atomic E-state index is 11.3. The van der Waals surface area contributed by atoms with E-state index in [2.05, 4.69) is 5.32 Å². The molecule has 5 heteroatoms. The van der Waals surface area contributed by atoms with Crippen LogP contribution >= 0.6 is 0 Å². The van der Waals surface area contributed by atoms with Crippen molar-refractivity contribution in [1.29, 1.82) is 0 Å². The van der Waals surface area contributed by atoms with Gasteiger partial charge in [0.15, 0.2) is 0 Å². The van der Waals surface area contributed by atoms with Gasteiger partial charge in [-0.3, -0.25) is 4.79 Å². The van der Waals surface area contributed by atoms with E-state index in [0.717, 1.165) is 6.42 Å². The van der Waals surface area contributed by atoms with Crippen molar-refractivity contribution < 1.29 is 14.7 Å². The first kappa shape index (κ1) is 12.7. The Hall–Kier alpha value is -1.26. The molecule has 0 saturated heterocycles. The molecule has 1 atom stereocenters. The molecule has 1 unspecified atom stereocenters. The number of rotatable bonds is 5. The van der Waals surface area contributed by atoms with Gasteiger partial charge in [-0.15, -0.1) is 0 Å². The summed E-state index contributed by atoms with van der Waals surface area (Å²) in [4.78, 5) is 23.3. The van der Waals surface area contributed by atoms with E-state index in [1.165, 1.54) is 4.90 Å². The number of urea groups is 1. The molecule has 5 nitrogen and oxygen atoms in total. The Kier molecular flexibility index (Phi) is 5.67.